The Kier molecular flexibility index (Phi) is 4.25. The molecule has 0 saturated carbocycles. The van der Waals surface area contributed by atoms with Gasteiger partial charge in [-0.25, -0.2) is 0 Å². The number of hydrogen-bond acceptors (Lipinski definition) is 1. The van der Waals surface area contributed by atoms with E-state index in [1.807, 2.05) is 0 Å². The van der Waals surface area contributed by atoms with E-state index < -0.39 is 0 Å². The molecule has 2 aliphatic carbocycles. The minimum Gasteiger partial charge on any atom is -0.497 e. The Hall–Kier alpha value is -2.28. The Balaban J connectivity index is 1.69. The van der Waals surface area contributed by atoms with Crippen molar-refractivity contribution >= 4 is 11.1 Å². The molecule has 0 amide bonds. The summed E-state index contributed by atoms with van der Waals surface area (Å²) in [6, 6.07) is 15.4. The summed E-state index contributed by atoms with van der Waals surface area (Å²) in [5, 5.41) is 0. The molecule has 122 valence electrons. The van der Waals surface area contributed by atoms with Gasteiger partial charge in [-0.15, -0.1) is 0 Å². The number of hydrogen-bond donors (Lipinski definition) is 0. The molecule has 1 nitrogen and oxygen atoms in total. The van der Waals surface area contributed by atoms with E-state index in [-0.39, 0.29) is 0 Å². The van der Waals surface area contributed by atoms with Gasteiger partial charge in [-0.05, 0) is 84.1 Å². The van der Waals surface area contributed by atoms with Crippen molar-refractivity contribution in [1.82, 2.24) is 0 Å². The summed E-state index contributed by atoms with van der Waals surface area (Å²) in [5.74, 6) is 0.967. The van der Waals surface area contributed by atoms with Gasteiger partial charge in [0.2, 0.25) is 0 Å². The van der Waals surface area contributed by atoms with Gasteiger partial charge in [0.05, 0.1) is 7.11 Å². The SMILES string of the molecule is COc1ccc2c(c1)CCCC2=CC=C1CCCc2ccccc21. The molecule has 2 aliphatic rings. The van der Waals surface area contributed by atoms with Gasteiger partial charge in [0, 0.05) is 0 Å². The molecule has 0 atom stereocenters. The van der Waals surface area contributed by atoms with Crippen LogP contribution in [0, 0.1) is 0 Å². The lowest BCUT2D eigenvalue weighted by molar-refractivity contribution is 0.414. The van der Waals surface area contributed by atoms with E-state index in [1.165, 1.54) is 65.5 Å². The molecule has 0 saturated heterocycles. The maximum atomic E-state index is 5.38. The summed E-state index contributed by atoms with van der Waals surface area (Å²) >= 11 is 0. The first kappa shape index (κ1) is 15.3. The molecular weight excluding hydrogens is 292 g/mol. The van der Waals surface area contributed by atoms with Crippen LogP contribution in [-0.2, 0) is 12.8 Å². The van der Waals surface area contributed by atoms with Crippen LogP contribution in [0.4, 0.5) is 0 Å². The van der Waals surface area contributed by atoms with Crippen LogP contribution in [0.1, 0.15) is 47.9 Å². The first-order chi connectivity index (χ1) is 11.8. The average molecular weight is 316 g/mol. The lowest BCUT2D eigenvalue weighted by Crippen LogP contribution is -2.03. The number of rotatable bonds is 2. The van der Waals surface area contributed by atoms with Gasteiger partial charge in [-0.1, -0.05) is 42.5 Å². The molecule has 0 fully saturated rings. The van der Waals surface area contributed by atoms with Crippen molar-refractivity contribution in [1.29, 1.82) is 0 Å². The van der Waals surface area contributed by atoms with Crippen molar-refractivity contribution in [3.05, 3.63) is 76.9 Å². The zero-order valence-electron chi connectivity index (χ0n) is 14.3. The van der Waals surface area contributed by atoms with E-state index in [1.54, 1.807) is 7.11 Å². The standard InChI is InChI=1S/C23H24O/c1-24-21-14-15-23-19(9-5-10-20(23)16-21)13-12-18-8-4-7-17-6-2-3-11-22(17)18/h2-3,6,11-16H,4-5,7-10H2,1H3. The highest BCUT2D eigenvalue weighted by Gasteiger charge is 2.15. The van der Waals surface area contributed by atoms with E-state index in [0.717, 1.165) is 12.2 Å². The highest BCUT2D eigenvalue weighted by molar-refractivity contribution is 5.77. The molecule has 0 aliphatic heterocycles. The number of aryl methyl sites for hydroxylation is 2. The molecule has 0 heterocycles. The largest absolute Gasteiger partial charge is 0.497 e. The highest BCUT2D eigenvalue weighted by atomic mass is 16.5. The molecule has 0 bridgehead atoms. The van der Waals surface area contributed by atoms with Crippen LogP contribution in [0.25, 0.3) is 11.1 Å². The Morgan fingerprint density at radius 2 is 1.42 bits per heavy atom. The molecule has 1 heteroatoms. The molecule has 2 aromatic carbocycles. The second-order valence-corrected chi connectivity index (χ2v) is 6.77. The Labute approximate surface area is 144 Å². The monoisotopic (exact) mass is 316 g/mol. The maximum Gasteiger partial charge on any atom is 0.119 e. The van der Waals surface area contributed by atoms with Crippen LogP contribution in [0.3, 0.4) is 0 Å². The van der Waals surface area contributed by atoms with E-state index in [2.05, 4.69) is 54.6 Å². The predicted molar refractivity (Wildman–Crippen MR) is 101 cm³/mol. The average Bonchev–Trinajstić information content (AvgIpc) is 2.65. The van der Waals surface area contributed by atoms with Crippen LogP contribution < -0.4 is 4.74 Å². The summed E-state index contributed by atoms with van der Waals surface area (Å²) in [5.41, 5.74) is 8.74. The van der Waals surface area contributed by atoms with Crippen LogP contribution in [-0.4, -0.2) is 7.11 Å². The van der Waals surface area contributed by atoms with Gasteiger partial charge in [-0.2, -0.15) is 0 Å². The smallest absolute Gasteiger partial charge is 0.119 e. The zero-order valence-corrected chi connectivity index (χ0v) is 14.3. The Morgan fingerprint density at radius 1 is 0.750 bits per heavy atom. The van der Waals surface area contributed by atoms with Gasteiger partial charge < -0.3 is 4.74 Å². The van der Waals surface area contributed by atoms with Crippen molar-refractivity contribution < 1.29 is 4.74 Å². The molecular formula is C23H24O. The van der Waals surface area contributed by atoms with Crippen molar-refractivity contribution in [2.75, 3.05) is 7.11 Å². The van der Waals surface area contributed by atoms with Crippen molar-refractivity contribution in [3.8, 4) is 5.75 Å². The number of fused-ring (bicyclic) bond motifs is 2. The second-order valence-electron chi connectivity index (χ2n) is 6.77. The molecule has 24 heavy (non-hydrogen) atoms. The molecule has 0 N–H and O–H groups in total. The third-order valence-corrected chi connectivity index (χ3v) is 5.29. The first-order valence-electron chi connectivity index (χ1n) is 9.00. The predicted octanol–water partition coefficient (Wildman–Crippen LogP) is 5.83. The molecule has 2 aromatic rings. The fourth-order valence-corrected chi connectivity index (χ4v) is 4.02. The van der Waals surface area contributed by atoms with Gasteiger partial charge >= 0.3 is 0 Å². The molecule has 0 unspecified atom stereocenters. The number of benzene rings is 2. The lowest BCUT2D eigenvalue weighted by Gasteiger charge is -2.21. The summed E-state index contributed by atoms with van der Waals surface area (Å²) in [7, 11) is 1.74. The topological polar surface area (TPSA) is 9.23 Å². The van der Waals surface area contributed by atoms with E-state index in [0.29, 0.717) is 0 Å². The third-order valence-electron chi connectivity index (χ3n) is 5.29. The molecule has 0 spiro atoms. The van der Waals surface area contributed by atoms with Gasteiger partial charge in [0.1, 0.15) is 5.75 Å². The van der Waals surface area contributed by atoms with Crippen LogP contribution in [0.5, 0.6) is 5.75 Å². The zero-order chi connectivity index (χ0) is 16.4. The van der Waals surface area contributed by atoms with Crippen LogP contribution in [0.2, 0.25) is 0 Å². The number of ether oxygens (including phenoxy) is 1. The summed E-state index contributed by atoms with van der Waals surface area (Å²) in [6.07, 6.45) is 12.0. The fraction of sp³-hybridized carbons (Fsp3) is 0.304. The normalized spacial score (nSPS) is 19.9. The minimum absolute atomic E-state index is 0.967. The maximum absolute atomic E-state index is 5.38. The van der Waals surface area contributed by atoms with Gasteiger partial charge in [0.25, 0.3) is 0 Å². The summed E-state index contributed by atoms with van der Waals surface area (Å²) < 4.78 is 5.38. The summed E-state index contributed by atoms with van der Waals surface area (Å²) in [4.78, 5) is 0. The fourth-order valence-electron chi connectivity index (χ4n) is 4.02. The first-order valence-corrected chi connectivity index (χ1v) is 9.00. The Morgan fingerprint density at radius 3 is 2.17 bits per heavy atom. The quantitative estimate of drug-likeness (QED) is 0.677. The Bertz CT molecular complexity index is 811. The third kappa shape index (κ3) is 2.91. The van der Waals surface area contributed by atoms with Crippen molar-refractivity contribution in [3.63, 3.8) is 0 Å². The van der Waals surface area contributed by atoms with Crippen LogP contribution >= 0.6 is 0 Å². The van der Waals surface area contributed by atoms with Gasteiger partial charge in [-0.3, -0.25) is 0 Å². The number of methoxy groups -OCH3 is 1. The van der Waals surface area contributed by atoms with Crippen molar-refractivity contribution in [2.24, 2.45) is 0 Å². The minimum atomic E-state index is 0.967. The van der Waals surface area contributed by atoms with Crippen LogP contribution in [0.15, 0.2) is 54.6 Å². The molecule has 0 radical (unpaired) electrons. The highest BCUT2D eigenvalue weighted by Crippen LogP contribution is 2.35. The molecule has 0 aromatic heterocycles. The molecule has 4 rings (SSSR count). The van der Waals surface area contributed by atoms with Crippen molar-refractivity contribution in [2.45, 2.75) is 38.5 Å². The lowest BCUT2D eigenvalue weighted by atomic mass is 9.85. The van der Waals surface area contributed by atoms with E-state index in [4.69, 9.17) is 4.74 Å². The second kappa shape index (κ2) is 6.68. The van der Waals surface area contributed by atoms with E-state index >= 15 is 0 Å². The number of allylic oxidation sites excluding steroid dienone is 4. The summed E-state index contributed by atoms with van der Waals surface area (Å²) in [6.45, 7) is 0. The van der Waals surface area contributed by atoms with E-state index in [9.17, 15) is 0 Å². The van der Waals surface area contributed by atoms with Gasteiger partial charge in [0.15, 0.2) is 0 Å².